The standard InChI is InChI=1S/C15H14ClNOS/c16-15-8-12(10-19-15)13(6-7-18)14(9-17)11-4-2-1-3-5-11/h1-5,8,10,13-14,18H,6-7H2/t13-,14+/m0/s1. The highest BCUT2D eigenvalue weighted by Crippen LogP contribution is 2.38. The Kier molecular flexibility index (Phi) is 4.98. The second-order valence-electron chi connectivity index (χ2n) is 4.32. The zero-order chi connectivity index (χ0) is 13.7. The number of rotatable bonds is 5. The van der Waals surface area contributed by atoms with Crippen molar-refractivity contribution in [3.63, 3.8) is 0 Å². The van der Waals surface area contributed by atoms with E-state index >= 15 is 0 Å². The van der Waals surface area contributed by atoms with Crippen LogP contribution in [0.25, 0.3) is 0 Å². The molecule has 0 aliphatic carbocycles. The fraction of sp³-hybridized carbons (Fsp3) is 0.267. The predicted octanol–water partition coefficient (Wildman–Crippen LogP) is 4.17. The van der Waals surface area contributed by atoms with Crippen molar-refractivity contribution in [1.82, 2.24) is 0 Å². The van der Waals surface area contributed by atoms with Gasteiger partial charge in [0, 0.05) is 12.5 Å². The zero-order valence-electron chi connectivity index (χ0n) is 10.3. The minimum atomic E-state index is -0.265. The van der Waals surface area contributed by atoms with Crippen LogP contribution < -0.4 is 0 Å². The minimum Gasteiger partial charge on any atom is -0.396 e. The normalized spacial score (nSPS) is 13.7. The van der Waals surface area contributed by atoms with Gasteiger partial charge in [-0.15, -0.1) is 11.3 Å². The van der Waals surface area contributed by atoms with Crippen LogP contribution in [0.3, 0.4) is 0 Å². The predicted molar refractivity (Wildman–Crippen MR) is 78.6 cm³/mol. The van der Waals surface area contributed by atoms with Crippen molar-refractivity contribution in [1.29, 1.82) is 5.26 Å². The van der Waals surface area contributed by atoms with Crippen molar-refractivity contribution in [2.45, 2.75) is 18.3 Å². The highest BCUT2D eigenvalue weighted by Gasteiger charge is 2.25. The van der Waals surface area contributed by atoms with Crippen molar-refractivity contribution in [3.8, 4) is 6.07 Å². The second-order valence-corrected chi connectivity index (χ2v) is 5.86. The fourth-order valence-corrected chi connectivity index (χ4v) is 3.20. The van der Waals surface area contributed by atoms with Gasteiger partial charge in [0.2, 0.25) is 0 Å². The molecule has 2 atom stereocenters. The Labute approximate surface area is 121 Å². The molecule has 2 aromatic rings. The van der Waals surface area contributed by atoms with Crippen LogP contribution in [-0.2, 0) is 0 Å². The van der Waals surface area contributed by atoms with Gasteiger partial charge in [-0.1, -0.05) is 41.9 Å². The van der Waals surface area contributed by atoms with E-state index in [0.29, 0.717) is 10.8 Å². The molecule has 0 unspecified atom stereocenters. The highest BCUT2D eigenvalue weighted by molar-refractivity contribution is 7.14. The van der Waals surface area contributed by atoms with Crippen LogP contribution in [-0.4, -0.2) is 11.7 Å². The van der Waals surface area contributed by atoms with E-state index in [1.807, 2.05) is 41.8 Å². The second kappa shape index (κ2) is 6.72. The molecule has 0 aliphatic heterocycles. The largest absolute Gasteiger partial charge is 0.396 e. The molecule has 1 heterocycles. The molecule has 0 saturated heterocycles. The van der Waals surface area contributed by atoms with Gasteiger partial charge in [0.25, 0.3) is 0 Å². The Morgan fingerprint density at radius 1 is 1.26 bits per heavy atom. The first kappa shape index (κ1) is 14.1. The third-order valence-corrected chi connectivity index (χ3v) is 4.27. The van der Waals surface area contributed by atoms with E-state index in [0.717, 1.165) is 11.1 Å². The Bertz CT molecular complexity index is 561. The van der Waals surface area contributed by atoms with E-state index in [2.05, 4.69) is 6.07 Å². The number of halogens is 1. The molecular weight excluding hydrogens is 278 g/mol. The van der Waals surface area contributed by atoms with Gasteiger partial charge in [-0.3, -0.25) is 0 Å². The number of thiophene rings is 1. The molecule has 0 fully saturated rings. The van der Waals surface area contributed by atoms with E-state index < -0.39 is 0 Å². The summed E-state index contributed by atoms with van der Waals surface area (Å²) in [4.78, 5) is 0. The smallest absolute Gasteiger partial charge is 0.0931 e. The maximum Gasteiger partial charge on any atom is 0.0931 e. The topological polar surface area (TPSA) is 44.0 Å². The van der Waals surface area contributed by atoms with Crippen molar-refractivity contribution in [2.24, 2.45) is 0 Å². The van der Waals surface area contributed by atoms with Crippen LogP contribution in [0.2, 0.25) is 4.34 Å². The van der Waals surface area contributed by atoms with Gasteiger partial charge in [-0.05, 0) is 29.0 Å². The van der Waals surface area contributed by atoms with Gasteiger partial charge >= 0.3 is 0 Å². The number of aliphatic hydroxyl groups excluding tert-OH is 1. The Balaban J connectivity index is 2.34. The van der Waals surface area contributed by atoms with Crippen molar-refractivity contribution in [3.05, 3.63) is 57.2 Å². The number of hydrogen-bond acceptors (Lipinski definition) is 3. The van der Waals surface area contributed by atoms with Crippen LogP contribution in [0.1, 0.15) is 29.4 Å². The number of hydrogen-bond donors (Lipinski definition) is 1. The van der Waals surface area contributed by atoms with Crippen LogP contribution in [0, 0.1) is 11.3 Å². The summed E-state index contributed by atoms with van der Waals surface area (Å²) in [6.07, 6.45) is 0.556. The Hall–Kier alpha value is -1.34. The maximum absolute atomic E-state index is 9.48. The lowest BCUT2D eigenvalue weighted by atomic mass is 9.81. The maximum atomic E-state index is 9.48. The first-order chi connectivity index (χ1) is 9.26. The van der Waals surface area contributed by atoms with Gasteiger partial charge in [0.1, 0.15) is 0 Å². The summed E-state index contributed by atoms with van der Waals surface area (Å²) < 4.78 is 0.711. The summed E-state index contributed by atoms with van der Waals surface area (Å²) in [6.45, 7) is 0.0587. The summed E-state index contributed by atoms with van der Waals surface area (Å²) in [5, 5.41) is 20.7. The van der Waals surface area contributed by atoms with E-state index in [1.54, 1.807) is 0 Å². The van der Waals surface area contributed by atoms with E-state index in [9.17, 15) is 10.4 Å². The number of nitriles is 1. The number of aliphatic hydroxyl groups is 1. The highest BCUT2D eigenvalue weighted by atomic mass is 35.5. The van der Waals surface area contributed by atoms with Crippen molar-refractivity contribution >= 4 is 22.9 Å². The molecule has 0 bridgehead atoms. The number of benzene rings is 1. The molecule has 4 heteroatoms. The Morgan fingerprint density at radius 3 is 2.53 bits per heavy atom. The third-order valence-electron chi connectivity index (χ3n) is 3.16. The number of nitrogens with zero attached hydrogens (tertiary/aromatic N) is 1. The molecule has 2 rings (SSSR count). The minimum absolute atomic E-state index is 0.0267. The van der Waals surface area contributed by atoms with Crippen LogP contribution in [0.15, 0.2) is 41.8 Å². The average molecular weight is 292 g/mol. The van der Waals surface area contributed by atoms with Gasteiger partial charge in [0.15, 0.2) is 0 Å². The van der Waals surface area contributed by atoms with E-state index in [-0.39, 0.29) is 18.4 Å². The molecule has 2 nitrogen and oxygen atoms in total. The summed E-state index contributed by atoms with van der Waals surface area (Å²) >= 11 is 7.43. The molecule has 0 saturated carbocycles. The lowest BCUT2D eigenvalue weighted by Gasteiger charge is -2.20. The molecule has 1 aromatic carbocycles. The van der Waals surface area contributed by atoms with Gasteiger partial charge in [-0.2, -0.15) is 5.26 Å². The zero-order valence-corrected chi connectivity index (χ0v) is 11.9. The monoisotopic (exact) mass is 291 g/mol. The molecule has 0 spiro atoms. The fourth-order valence-electron chi connectivity index (χ4n) is 2.24. The quantitative estimate of drug-likeness (QED) is 0.898. The molecule has 19 heavy (non-hydrogen) atoms. The lowest BCUT2D eigenvalue weighted by Crippen LogP contribution is -2.11. The molecule has 98 valence electrons. The van der Waals surface area contributed by atoms with E-state index in [1.165, 1.54) is 11.3 Å². The first-order valence-corrected chi connectivity index (χ1v) is 7.31. The third kappa shape index (κ3) is 3.36. The van der Waals surface area contributed by atoms with Gasteiger partial charge < -0.3 is 5.11 Å². The summed E-state index contributed by atoms with van der Waals surface area (Å²) in [7, 11) is 0. The first-order valence-electron chi connectivity index (χ1n) is 6.05. The molecule has 0 aliphatic rings. The molecule has 0 radical (unpaired) electrons. The van der Waals surface area contributed by atoms with Gasteiger partial charge in [0.05, 0.1) is 16.3 Å². The SMILES string of the molecule is N#C[C@H](c1ccccc1)[C@@H](CCO)c1csc(Cl)c1. The lowest BCUT2D eigenvalue weighted by molar-refractivity contribution is 0.272. The molecule has 0 amide bonds. The molecule has 1 N–H and O–H groups in total. The molecular formula is C15H14ClNOS. The summed E-state index contributed by atoms with van der Waals surface area (Å²) in [5.74, 6) is -0.292. The summed E-state index contributed by atoms with van der Waals surface area (Å²) in [6, 6.07) is 13.9. The molecule has 1 aromatic heterocycles. The average Bonchev–Trinajstić information content (AvgIpc) is 2.86. The van der Waals surface area contributed by atoms with Crippen molar-refractivity contribution < 1.29 is 5.11 Å². The summed E-state index contributed by atoms with van der Waals surface area (Å²) in [5.41, 5.74) is 2.00. The van der Waals surface area contributed by atoms with Gasteiger partial charge in [-0.25, -0.2) is 0 Å². The van der Waals surface area contributed by atoms with Crippen LogP contribution in [0.4, 0.5) is 0 Å². The van der Waals surface area contributed by atoms with Crippen LogP contribution >= 0.6 is 22.9 Å². The van der Waals surface area contributed by atoms with E-state index in [4.69, 9.17) is 11.6 Å². The van der Waals surface area contributed by atoms with Crippen LogP contribution in [0.5, 0.6) is 0 Å². The van der Waals surface area contributed by atoms with Crippen molar-refractivity contribution in [2.75, 3.05) is 6.61 Å². The Morgan fingerprint density at radius 2 is 2.00 bits per heavy atom.